The normalized spacial score (nSPS) is 28.8. The summed E-state index contributed by atoms with van der Waals surface area (Å²) in [5, 5.41) is 3.11. The fourth-order valence-electron chi connectivity index (χ4n) is 2.22. The van der Waals surface area contributed by atoms with E-state index in [4.69, 9.17) is 0 Å². The molecule has 76 valence electrons. The summed E-state index contributed by atoms with van der Waals surface area (Å²) in [6.07, 6.45) is 0.369. The Morgan fingerprint density at radius 3 is 2.47 bits per heavy atom. The van der Waals surface area contributed by atoms with Crippen LogP contribution >= 0.6 is 0 Å². The van der Waals surface area contributed by atoms with Gasteiger partial charge < -0.3 is 5.32 Å². The minimum absolute atomic E-state index is 0.101. The van der Waals surface area contributed by atoms with Gasteiger partial charge in [0.1, 0.15) is 0 Å². The Labute approximate surface area is 87.5 Å². The van der Waals surface area contributed by atoms with Crippen LogP contribution in [0, 0.1) is 5.92 Å². The second kappa shape index (κ2) is 3.00. The van der Waals surface area contributed by atoms with Crippen LogP contribution in [0.1, 0.15) is 27.1 Å². The lowest BCUT2D eigenvalue weighted by Crippen LogP contribution is -2.31. The highest BCUT2D eigenvalue weighted by Gasteiger charge is 2.41. The molecule has 1 aliphatic carbocycles. The van der Waals surface area contributed by atoms with Crippen molar-refractivity contribution in [2.24, 2.45) is 5.92 Å². The van der Waals surface area contributed by atoms with Gasteiger partial charge in [0, 0.05) is 36.1 Å². The quantitative estimate of drug-likeness (QED) is 0.691. The first-order valence-corrected chi connectivity index (χ1v) is 5.17. The van der Waals surface area contributed by atoms with Crippen molar-refractivity contribution < 1.29 is 9.59 Å². The number of fused-ring (bicyclic) bond motifs is 1. The first-order chi connectivity index (χ1) is 7.27. The minimum atomic E-state index is -0.132. The van der Waals surface area contributed by atoms with Crippen LogP contribution in [-0.2, 0) is 0 Å². The van der Waals surface area contributed by atoms with E-state index in [0.29, 0.717) is 17.5 Å². The van der Waals surface area contributed by atoms with E-state index in [2.05, 4.69) is 5.32 Å². The van der Waals surface area contributed by atoms with Gasteiger partial charge in [-0.15, -0.1) is 0 Å². The van der Waals surface area contributed by atoms with Gasteiger partial charge in [0.05, 0.1) is 0 Å². The van der Waals surface area contributed by atoms with Crippen LogP contribution in [0.3, 0.4) is 0 Å². The maximum atomic E-state index is 12.1. The summed E-state index contributed by atoms with van der Waals surface area (Å²) in [4.78, 5) is 23.8. The van der Waals surface area contributed by atoms with E-state index < -0.39 is 0 Å². The molecule has 1 heterocycles. The number of hydrogen-bond donors (Lipinski definition) is 1. The van der Waals surface area contributed by atoms with E-state index in [1.165, 1.54) is 0 Å². The Bertz CT molecular complexity index is 449. The first kappa shape index (κ1) is 8.80. The molecule has 3 rings (SSSR count). The van der Waals surface area contributed by atoms with Crippen LogP contribution in [0.15, 0.2) is 24.3 Å². The van der Waals surface area contributed by atoms with E-state index in [0.717, 1.165) is 6.54 Å². The van der Waals surface area contributed by atoms with Gasteiger partial charge in [-0.1, -0.05) is 24.3 Å². The van der Waals surface area contributed by atoms with Crippen molar-refractivity contribution in [3.05, 3.63) is 35.4 Å². The molecule has 1 aliphatic heterocycles. The lowest BCUT2D eigenvalue weighted by Gasteiger charge is -2.21. The average Bonchev–Trinajstić information content (AvgIpc) is 3.07. The molecule has 3 heteroatoms. The lowest BCUT2D eigenvalue weighted by atomic mass is 9.80. The zero-order chi connectivity index (χ0) is 10.4. The summed E-state index contributed by atoms with van der Waals surface area (Å²) in [6.45, 7) is 0.867. The molecule has 0 bridgehead atoms. The summed E-state index contributed by atoms with van der Waals surface area (Å²) in [5.74, 6) is 0.0940. The number of Topliss-reactive ketones (excluding diaryl/α,β-unsaturated/α-hetero) is 2. The summed E-state index contributed by atoms with van der Waals surface area (Å²) >= 11 is 0. The molecule has 0 saturated carbocycles. The number of rotatable bonds is 1. The molecule has 0 radical (unpaired) electrons. The number of carbonyl (C=O) groups excluding carboxylic acids is 2. The van der Waals surface area contributed by atoms with Gasteiger partial charge in [-0.2, -0.15) is 0 Å². The van der Waals surface area contributed by atoms with E-state index in [1.54, 1.807) is 18.2 Å². The highest BCUT2D eigenvalue weighted by Crippen LogP contribution is 2.30. The van der Waals surface area contributed by atoms with E-state index >= 15 is 0 Å². The Morgan fingerprint density at radius 1 is 1.13 bits per heavy atom. The van der Waals surface area contributed by atoms with Crippen molar-refractivity contribution in [3.63, 3.8) is 0 Å². The molecule has 0 spiro atoms. The molecule has 1 saturated heterocycles. The molecule has 0 amide bonds. The van der Waals surface area contributed by atoms with Gasteiger partial charge in [-0.25, -0.2) is 0 Å². The molecule has 3 nitrogen and oxygen atoms in total. The molecule has 2 atom stereocenters. The smallest absolute Gasteiger partial charge is 0.168 e. The minimum Gasteiger partial charge on any atom is -0.310 e. The summed E-state index contributed by atoms with van der Waals surface area (Å²) in [7, 11) is 0. The predicted molar refractivity (Wildman–Crippen MR) is 55.0 cm³/mol. The number of hydrogen-bond acceptors (Lipinski definition) is 3. The largest absolute Gasteiger partial charge is 0.310 e. The van der Waals surface area contributed by atoms with Crippen molar-refractivity contribution in [2.75, 3.05) is 6.54 Å². The number of benzene rings is 1. The SMILES string of the molecule is O=C1CC(C2CN2)C(=O)c2ccccc21. The van der Waals surface area contributed by atoms with Crippen LogP contribution in [0.2, 0.25) is 0 Å². The van der Waals surface area contributed by atoms with Crippen LogP contribution in [0.25, 0.3) is 0 Å². The van der Waals surface area contributed by atoms with E-state index in [-0.39, 0.29) is 23.5 Å². The standard InChI is InChI=1S/C12H11NO2/c14-11-5-9(10-6-13-10)12(15)8-4-2-1-3-7(8)11/h1-4,9-10,13H,5-6H2. The van der Waals surface area contributed by atoms with Gasteiger partial charge in [-0.05, 0) is 0 Å². The Kier molecular flexibility index (Phi) is 1.76. The van der Waals surface area contributed by atoms with Crippen LogP contribution in [-0.4, -0.2) is 24.2 Å². The van der Waals surface area contributed by atoms with Crippen molar-refractivity contribution in [1.82, 2.24) is 5.32 Å². The zero-order valence-corrected chi connectivity index (χ0v) is 8.19. The molecule has 1 aromatic rings. The van der Waals surface area contributed by atoms with Gasteiger partial charge in [-0.3, -0.25) is 9.59 Å². The maximum absolute atomic E-state index is 12.1. The second-order valence-electron chi connectivity index (χ2n) is 4.16. The monoisotopic (exact) mass is 201 g/mol. The summed E-state index contributed by atoms with van der Waals surface area (Å²) in [6, 6.07) is 7.35. The molecular formula is C12H11NO2. The van der Waals surface area contributed by atoms with Crippen LogP contribution in [0.4, 0.5) is 0 Å². The average molecular weight is 201 g/mol. The van der Waals surface area contributed by atoms with E-state index in [9.17, 15) is 9.59 Å². The first-order valence-electron chi connectivity index (χ1n) is 5.17. The van der Waals surface area contributed by atoms with Crippen molar-refractivity contribution in [2.45, 2.75) is 12.5 Å². The van der Waals surface area contributed by atoms with Gasteiger partial charge in [0.2, 0.25) is 0 Å². The molecule has 0 aromatic heterocycles. The third kappa shape index (κ3) is 1.31. The highest BCUT2D eigenvalue weighted by molar-refractivity contribution is 6.15. The summed E-state index contributed by atoms with van der Waals surface area (Å²) < 4.78 is 0. The summed E-state index contributed by atoms with van der Waals surface area (Å²) in [5.41, 5.74) is 1.20. The van der Waals surface area contributed by atoms with Crippen molar-refractivity contribution >= 4 is 11.6 Å². The van der Waals surface area contributed by atoms with Crippen molar-refractivity contribution in [3.8, 4) is 0 Å². The van der Waals surface area contributed by atoms with Gasteiger partial charge in [0.15, 0.2) is 11.6 Å². The van der Waals surface area contributed by atoms with Crippen molar-refractivity contribution in [1.29, 1.82) is 0 Å². The second-order valence-corrected chi connectivity index (χ2v) is 4.16. The van der Waals surface area contributed by atoms with Crippen LogP contribution < -0.4 is 5.32 Å². The van der Waals surface area contributed by atoms with Gasteiger partial charge >= 0.3 is 0 Å². The predicted octanol–water partition coefficient (Wildman–Crippen LogP) is 1.04. The zero-order valence-electron chi connectivity index (χ0n) is 8.19. The maximum Gasteiger partial charge on any atom is 0.168 e. The molecule has 2 aliphatic rings. The van der Waals surface area contributed by atoms with E-state index in [1.807, 2.05) is 6.07 Å². The van der Waals surface area contributed by atoms with Crippen LogP contribution in [0.5, 0.6) is 0 Å². The Hall–Kier alpha value is -1.48. The molecule has 1 fully saturated rings. The fourth-order valence-corrected chi connectivity index (χ4v) is 2.22. The highest BCUT2D eigenvalue weighted by atomic mass is 16.1. The molecule has 1 N–H and O–H groups in total. The lowest BCUT2D eigenvalue weighted by molar-refractivity contribution is 0.0822. The number of nitrogens with one attached hydrogen (secondary N) is 1. The third-order valence-corrected chi connectivity index (χ3v) is 3.16. The fraction of sp³-hybridized carbons (Fsp3) is 0.333. The molecule has 2 unspecified atom stereocenters. The number of carbonyl (C=O) groups is 2. The number of ketones is 2. The molecular weight excluding hydrogens is 190 g/mol. The Balaban J connectivity index is 2.07. The molecule has 1 aromatic carbocycles. The topological polar surface area (TPSA) is 56.1 Å². The Morgan fingerprint density at radius 2 is 1.80 bits per heavy atom. The third-order valence-electron chi connectivity index (χ3n) is 3.16. The van der Waals surface area contributed by atoms with Gasteiger partial charge in [0.25, 0.3) is 0 Å². The molecule has 15 heavy (non-hydrogen) atoms.